The summed E-state index contributed by atoms with van der Waals surface area (Å²) in [7, 11) is 3.14. The van der Waals surface area contributed by atoms with Gasteiger partial charge >= 0.3 is 0 Å². The fraction of sp³-hybridized carbons (Fsp3) is 0.560. The SMILES string of the molecule is COCCN1C(=O)c2c(NC(C)=O)c3cc(OC)ccc3n2C[C@@]1(C)C(=O)NC1CCCCC1. The number of nitrogens with one attached hydrogen (secondary N) is 2. The lowest BCUT2D eigenvalue weighted by Gasteiger charge is -2.45. The van der Waals surface area contributed by atoms with Gasteiger partial charge in [-0.1, -0.05) is 19.3 Å². The molecule has 2 N–H and O–H groups in total. The fourth-order valence-electron chi connectivity index (χ4n) is 5.21. The van der Waals surface area contributed by atoms with Gasteiger partial charge in [0.05, 0.1) is 31.5 Å². The van der Waals surface area contributed by atoms with Crippen LogP contribution >= 0.6 is 0 Å². The largest absolute Gasteiger partial charge is 0.497 e. The molecule has 0 saturated heterocycles. The monoisotopic (exact) mass is 470 g/mol. The molecular weight excluding hydrogens is 436 g/mol. The zero-order valence-electron chi connectivity index (χ0n) is 20.4. The van der Waals surface area contributed by atoms with Crippen molar-refractivity contribution >= 4 is 34.3 Å². The second-order valence-corrected chi connectivity index (χ2v) is 9.41. The van der Waals surface area contributed by atoms with E-state index in [1.807, 2.05) is 23.6 Å². The maximum absolute atomic E-state index is 13.9. The Balaban J connectivity index is 1.82. The number of nitrogens with zero attached hydrogens (tertiary/aromatic N) is 2. The summed E-state index contributed by atoms with van der Waals surface area (Å²) in [5, 5.41) is 6.75. The van der Waals surface area contributed by atoms with Crippen molar-refractivity contribution in [2.45, 2.75) is 64.1 Å². The number of hydrogen-bond acceptors (Lipinski definition) is 5. The number of hydrogen-bond donors (Lipinski definition) is 2. The molecule has 1 aromatic carbocycles. The molecule has 0 spiro atoms. The highest BCUT2D eigenvalue weighted by Crippen LogP contribution is 2.40. The molecule has 1 atom stereocenters. The van der Waals surface area contributed by atoms with Crippen LogP contribution in [-0.2, 0) is 20.9 Å². The number of anilines is 1. The predicted octanol–water partition coefficient (Wildman–Crippen LogP) is 2.92. The van der Waals surface area contributed by atoms with Gasteiger partial charge in [-0.15, -0.1) is 0 Å². The van der Waals surface area contributed by atoms with Gasteiger partial charge in [0.25, 0.3) is 5.91 Å². The Morgan fingerprint density at radius 1 is 1.18 bits per heavy atom. The van der Waals surface area contributed by atoms with E-state index in [-0.39, 0.29) is 36.9 Å². The van der Waals surface area contributed by atoms with Gasteiger partial charge < -0.3 is 29.6 Å². The predicted molar refractivity (Wildman–Crippen MR) is 129 cm³/mol. The van der Waals surface area contributed by atoms with E-state index in [0.29, 0.717) is 29.1 Å². The second kappa shape index (κ2) is 9.66. The van der Waals surface area contributed by atoms with E-state index in [4.69, 9.17) is 9.47 Å². The Labute approximate surface area is 199 Å². The zero-order valence-corrected chi connectivity index (χ0v) is 20.4. The molecule has 0 unspecified atom stereocenters. The summed E-state index contributed by atoms with van der Waals surface area (Å²) >= 11 is 0. The van der Waals surface area contributed by atoms with Gasteiger partial charge in [0, 0.05) is 32.0 Å². The minimum absolute atomic E-state index is 0.124. The molecule has 9 nitrogen and oxygen atoms in total. The van der Waals surface area contributed by atoms with Gasteiger partial charge in [-0.25, -0.2) is 0 Å². The standard InChI is InChI=1S/C25H34N4O5/c1-16(30)26-21-19-14-18(34-4)10-11-20(19)28-15-25(2,24(32)27-17-8-6-5-7-9-17)29(12-13-33-3)23(31)22(21)28/h10-11,14,17H,5-9,12-13,15H2,1-4H3,(H,26,30)(H,27,32)/t25-/m0/s1. The van der Waals surface area contributed by atoms with Crippen LogP contribution in [0.2, 0.25) is 0 Å². The summed E-state index contributed by atoms with van der Waals surface area (Å²) in [6, 6.07) is 5.60. The van der Waals surface area contributed by atoms with E-state index >= 15 is 0 Å². The lowest BCUT2D eigenvalue weighted by atomic mass is 9.91. The van der Waals surface area contributed by atoms with Crippen LogP contribution in [0.3, 0.4) is 0 Å². The molecule has 0 bridgehead atoms. The van der Waals surface area contributed by atoms with E-state index in [9.17, 15) is 14.4 Å². The zero-order chi connectivity index (χ0) is 24.5. The van der Waals surface area contributed by atoms with Crippen LogP contribution in [0.5, 0.6) is 5.75 Å². The third kappa shape index (κ3) is 4.24. The second-order valence-electron chi connectivity index (χ2n) is 9.41. The smallest absolute Gasteiger partial charge is 0.273 e. The van der Waals surface area contributed by atoms with Crippen LogP contribution in [0.15, 0.2) is 18.2 Å². The Morgan fingerprint density at radius 3 is 2.56 bits per heavy atom. The van der Waals surface area contributed by atoms with Crippen molar-refractivity contribution in [3.05, 3.63) is 23.9 Å². The van der Waals surface area contributed by atoms with Crippen molar-refractivity contribution in [3.8, 4) is 5.75 Å². The van der Waals surface area contributed by atoms with E-state index in [1.54, 1.807) is 25.2 Å². The molecule has 2 aliphatic rings. The molecule has 1 aliphatic heterocycles. The van der Waals surface area contributed by atoms with Crippen LogP contribution < -0.4 is 15.4 Å². The van der Waals surface area contributed by atoms with Gasteiger partial charge in [-0.2, -0.15) is 0 Å². The lowest BCUT2D eigenvalue weighted by Crippen LogP contribution is -2.65. The van der Waals surface area contributed by atoms with Crippen molar-refractivity contribution in [2.75, 3.05) is 32.7 Å². The minimum atomic E-state index is -1.11. The first kappa shape index (κ1) is 24.1. The Hall–Kier alpha value is -3.07. The average Bonchev–Trinajstić information content (AvgIpc) is 3.11. The van der Waals surface area contributed by atoms with Gasteiger partial charge in [0.15, 0.2) is 0 Å². The molecule has 4 rings (SSSR count). The molecule has 1 aliphatic carbocycles. The maximum atomic E-state index is 13.9. The number of benzene rings is 1. The van der Waals surface area contributed by atoms with E-state index in [2.05, 4.69) is 10.6 Å². The van der Waals surface area contributed by atoms with Gasteiger partial charge in [0.1, 0.15) is 17.0 Å². The van der Waals surface area contributed by atoms with E-state index in [0.717, 1.165) is 31.2 Å². The first-order valence-electron chi connectivity index (χ1n) is 11.9. The Bertz CT molecular complexity index is 1100. The van der Waals surface area contributed by atoms with Crippen molar-refractivity contribution in [3.63, 3.8) is 0 Å². The van der Waals surface area contributed by atoms with Crippen molar-refractivity contribution in [2.24, 2.45) is 0 Å². The van der Waals surface area contributed by atoms with Crippen LogP contribution in [0.4, 0.5) is 5.69 Å². The molecule has 1 fully saturated rings. The van der Waals surface area contributed by atoms with Crippen molar-refractivity contribution < 1.29 is 23.9 Å². The van der Waals surface area contributed by atoms with E-state index < -0.39 is 5.54 Å². The molecule has 34 heavy (non-hydrogen) atoms. The van der Waals surface area contributed by atoms with Crippen LogP contribution in [-0.4, -0.2) is 66.1 Å². The Kier molecular flexibility index (Phi) is 6.84. The van der Waals surface area contributed by atoms with E-state index in [1.165, 1.54) is 13.3 Å². The molecule has 1 saturated carbocycles. The third-order valence-corrected chi connectivity index (χ3v) is 7.03. The summed E-state index contributed by atoms with van der Waals surface area (Å²) in [4.78, 5) is 41.3. The molecule has 3 amide bonds. The lowest BCUT2D eigenvalue weighted by molar-refractivity contribution is -0.134. The van der Waals surface area contributed by atoms with Gasteiger partial charge in [0.2, 0.25) is 11.8 Å². The molecule has 0 radical (unpaired) electrons. The Morgan fingerprint density at radius 2 is 1.91 bits per heavy atom. The highest BCUT2D eigenvalue weighted by atomic mass is 16.5. The number of carbonyl (C=O) groups excluding carboxylic acids is 3. The summed E-state index contributed by atoms with van der Waals surface area (Å²) < 4.78 is 12.5. The third-order valence-electron chi connectivity index (χ3n) is 7.03. The van der Waals surface area contributed by atoms with Crippen molar-refractivity contribution in [1.82, 2.24) is 14.8 Å². The number of fused-ring (bicyclic) bond motifs is 3. The number of rotatable bonds is 7. The summed E-state index contributed by atoms with van der Waals surface area (Å²) in [5.41, 5.74) is 0.441. The average molecular weight is 471 g/mol. The van der Waals surface area contributed by atoms with Crippen LogP contribution in [0.25, 0.3) is 10.9 Å². The summed E-state index contributed by atoms with van der Waals surface area (Å²) in [6.07, 6.45) is 5.30. The molecule has 9 heteroatoms. The summed E-state index contributed by atoms with van der Waals surface area (Å²) in [6.45, 7) is 4.04. The minimum Gasteiger partial charge on any atom is -0.497 e. The van der Waals surface area contributed by atoms with Crippen LogP contribution in [0, 0.1) is 0 Å². The van der Waals surface area contributed by atoms with Gasteiger partial charge in [-0.3, -0.25) is 14.4 Å². The van der Waals surface area contributed by atoms with Crippen molar-refractivity contribution in [1.29, 1.82) is 0 Å². The molecule has 2 aromatic rings. The maximum Gasteiger partial charge on any atom is 0.273 e. The molecule has 2 heterocycles. The molecule has 184 valence electrons. The highest BCUT2D eigenvalue weighted by Gasteiger charge is 2.49. The molecule has 1 aromatic heterocycles. The normalized spacial score (nSPS) is 20.8. The fourth-order valence-corrected chi connectivity index (χ4v) is 5.21. The number of ether oxygens (including phenoxy) is 2. The van der Waals surface area contributed by atoms with Gasteiger partial charge in [-0.05, 0) is 38.0 Å². The molecular formula is C25H34N4O5. The number of methoxy groups -OCH3 is 2. The topological polar surface area (TPSA) is 102 Å². The first-order valence-corrected chi connectivity index (χ1v) is 11.9. The number of amides is 3. The quantitative estimate of drug-likeness (QED) is 0.648. The number of aromatic nitrogens is 1. The number of carbonyl (C=O) groups is 3. The van der Waals surface area contributed by atoms with Crippen LogP contribution in [0.1, 0.15) is 56.4 Å². The summed E-state index contributed by atoms with van der Waals surface area (Å²) in [5.74, 6) is -0.143. The highest BCUT2D eigenvalue weighted by molar-refractivity contribution is 6.14. The first-order chi connectivity index (χ1) is 16.3.